The minimum Gasteiger partial charge on any atom is -0.368 e. The summed E-state index contributed by atoms with van der Waals surface area (Å²) >= 11 is 1.80. The van der Waals surface area contributed by atoms with E-state index in [9.17, 15) is 0 Å². The van der Waals surface area contributed by atoms with Crippen LogP contribution in [0.1, 0.15) is 48.5 Å². The fourth-order valence-corrected chi connectivity index (χ4v) is 3.53. The van der Waals surface area contributed by atoms with Crippen molar-refractivity contribution in [3.8, 4) is 0 Å². The molecule has 1 aromatic rings. The zero-order valence-corrected chi connectivity index (χ0v) is 11.6. The van der Waals surface area contributed by atoms with Crippen molar-refractivity contribution in [2.45, 2.75) is 51.7 Å². The van der Waals surface area contributed by atoms with E-state index < -0.39 is 0 Å². The van der Waals surface area contributed by atoms with Gasteiger partial charge in [0, 0.05) is 16.3 Å². The number of thiophene rings is 1. The average Bonchev–Trinajstić information content (AvgIpc) is 2.73. The smallest absolute Gasteiger partial charge is 0.104 e. The molecule has 0 bridgehead atoms. The van der Waals surface area contributed by atoms with Crippen LogP contribution < -0.4 is 5.73 Å². The fourth-order valence-electron chi connectivity index (χ4n) is 2.60. The molecule has 1 heterocycles. The summed E-state index contributed by atoms with van der Waals surface area (Å²) < 4.78 is 6.20. The van der Waals surface area contributed by atoms with E-state index in [0.29, 0.717) is 12.6 Å². The Morgan fingerprint density at radius 3 is 2.88 bits per heavy atom. The van der Waals surface area contributed by atoms with Gasteiger partial charge < -0.3 is 10.5 Å². The Morgan fingerprint density at radius 2 is 2.29 bits per heavy atom. The van der Waals surface area contributed by atoms with Crippen LogP contribution in [0.25, 0.3) is 0 Å². The minimum absolute atomic E-state index is 0.101. The van der Waals surface area contributed by atoms with Gasteiger partial charge in [-0.05, 0) is 37.8 Å². The maximum atomic E-state index is 6.20. The Kier molecular flexibility index (Phi) is 4.60. The second-order valence-corrected chi connectivity index (χ2v) is 6.52. The third-order valence-electron chi connectivity index (χ3n) is 3.54. The van der Waals surface area contributed by atoms with E-state index in [1.54, 1.807) is 11.3 Å². The van der Waals surface area contributed by atoms with E-state index in [1.807, 2.05) is 0 Å². The van der Waals surface area contributed by atoms with Crippen molar-refractivity contribution in [1.82, 2.24) is 0 Å². The summed E-state index contributed by atoms with van der Waals surface area (Å²) in [5, 5.41) is 0. The first-order chi connectivity index (χ1) is 8.19. The topological polar surface area (TPSA) is 35.2 Å². The molecular weight excluding hydrogens is 230 g/mol. The maximum absolute atomic E-state index is 6.20. The number of rotatable bonds is 4. The molecule has 2 rings (SSSR count). The lowest BCUT2D eigenvalue weighted by Crippen LogP contribution is -2.26. The quantitative estimate of drug-likeness (QED) is 0.889. The molecule has 3 heteroatoms. The molecule has 1 aliphatic carbocycles. The molecule has 1 aliphatic rings. The summed E-state index contributed by atoms with van der Waals surface area (Å²) in [5.41, 5.74) is 5.85. The van der Waals surface area contributed by atoms with E-state index in [1.165, 1.54) is 35.4 Å². The van der Waals surface area contributed by atoms with E-state index in [-0.39, 0.29) is 6.10 Å². The molecule has 0 radical (unpaired) electrons. The van der Waals surface area contributed by atoms with Crippen LogP contribution in [0, 0.1) is 12.8 Å². The lowest BCUT2D eigenvalue weighted by Gasteiger charge is -2.29. The molecule has 17 heavy (non-hydrogen) atoms. The highest BCUT2D eigenvalue weighted by molar-refractivity contribution is 7.12. The molecule has 0 saturated heterocycles. The first-order valence-corrected chi connectivity index (χ1v) is 7.42. The normalized spacial score (nSPS) is 27.0. The maximum Gasteiger partial charge on any atom is 0.104 e. The summed E-state index contributed by atoms with van der Waals surface area (Å²) in [6.07, 6.45) is 5.56. The Balaban J connectivity index is 1.95. The van der Waals surface area contributed by atoms with Gasteiger partial charge in [-0.25, -0.2) is 0 Å². The first-order valence-electron chi connectivity index (χ1n) is 6.61. The molecular formula is C14H23NOS. The summed E-state index contributed by atoms with van der Waals surface area (Å²) in [4.78, 5) is 2.61. The summed E-state index contributed by atoms with van der Waals surface area (Å²) in [6, 6.07) is 4.30. The molecule has 3 atom stereocenters. The third-order valence-corrected chi connectivity index (χ3v) is 4.63. The number of nitrogens with two attached hydrogens (primary N) is 1. The number of hydrogen-bond donors (Lipinski definition) is 1. The van der Waals surface area contributed by atoms with Gasteiger partial charge in [0.15, 0.2) is 0 Å². The zero-order chi connectivity index (χ0) is 12.3. The Hall–Kier alpha value is -0.380. The Morgan fingerprint density at radius 1 is 1.47 bits per heavy atom. The van der Waals surface area contributed by atoms with Gasteiger partial charge >= 0.3 is 0 Å². The molecule has 0 aromatic carbocycles. The third kappa shape index (κ3) is 3.54. The SMILES string of the molecule is Cc1ccc(C(CN)OC2CCCC(C)C2)s1. The molecule has 3 unspecified atom stereocenters. The van der Waals surface area contributed by atoms with Crippen molar-refractivity contribution >= 4 is 11.3 Å². The van der Waals surface area contributed by atoms with Crippen LogP contribution in [0.15, 0.2) is 12.1 Å². The van der Waals surface area contributed by atoms with Crippen molar-refractivity contribution in [3.63, 3.8) is 0 Å². The predicted molar refractivity (Wildman–Crippen MR) is 73.4 cm³/mol. The highest BCUT2D eigenvalue weighted by Gasteiger charge is 2.23. The van der Waals surface area contributed by atoms with Gasteiger partial charge in [-0.15, -0.1) is 11.3 Å². The monoisotopic (exact) mass is 253 g/mol. The van der Waals surface area contributed by atoms with Gasteiger partial charge in [0.2, 0.25) is 0 Å². The van der Waals surface area contributed by atoms with Crippen molar-refractivity contribution in [2.75, 3.05) is 6.54 Å². The molecule has 1 saturated carbocycles. The number of aryl methyl sites for hydroxylation is 1. The van der Waals surface area contributed by atoms with Crippen molar-refractivity contribution in [1.29, 1.82) is 0 Å². The van der Waals surface area contributed by atoms with E-state index in [2.05, 4.69) is 26.0 Å². The second kappa shape index (κ2) is 5.98. The van der Waals surface area contributed by atoms with Gasteiger partial charge in [0.05, 0.1) is 6.10 Å². The van der Waals surface area contributed by atoms with E-state index in [4.69, 9.17) is 10.5 Å². The lowest BCUT2D eigenvalue weighted by molar-refractivity contribution is -0.0345. The molecule has 0 aliphatic heterocycles. The van der Waals surface area contributed by atoms with Crippen LogP contribution in [0.4, 0.5) is 0 Å². The Bertz CT molecular complexity index is 350. The summed E-state index contributed by atoms with van der Waals surface area (Å²) in [5.74, 6) is 0.803. The van der Waals surface area contributed by atoms with Gasteiger partial charge in [-0.1, -0.05) is 19.8 Å². The fraction of sp³-hybridized carbons (Fsp3) is 0.714. The van der Waals surface area contributed by atoms with Crippen LogP contribution in [-0.4, -0.2) is 12.6 Å². The second-order valence-electron chi connectivity index (χ2n) is 5.20. The lowest BCUT2D eigenvalue weighted by atomic mass is 9.88. The average molecular weight is 253 g/mol. The summed E-state index contributed by atoms with van der Waals surface area (Å²) in [7, 11) is 0. The molecule has 2 N–H and O–H groups in total. The molecule has 1 fully saturated rings. The van der Waals surface area contributed by atoms with Crippen molar-refractivity contribution in [2.24, 2.45) is 11.7 Å². The molecule has 2 nitrogen and oxygen atoms in total. The minimum atomic E-state index is 0.101. The molecule has 0 amide bonds. The highest BCUT2D eigenvalue weighted by Crippen LogP contribution is 2.31. The van der Waals surface area contributed by atoms with Crippen LogP contribution >= 0.6 is 11.3 Å². The summed E-state index contributed by atoms with van der Waals surface area (Å²) in [6.45, 7) is 5.04. The van der Waals surface area contributed by atoms with Crippen molar-refractivity contribution in [3.05, 3.63) is 21.9 Å². The van der Waals surface area contributed by atoms with Crippen molar-refractivity contribution < 1.29 is 4.74 Å². The van der Waals surface area contributed by atoms with E-state index >= 15 is 0 Å². The largest absolute Gasteiger partial charge is 0.368 e. The van der Waals surface area contributed by atoms with Crippen LogP contribution in [0.2, 0.25) is 0 Å². The van der Waals surface area contributed by atoms with Gasteiger partial charge in [0.1, 0.15) is 6.10 Å². The molecule has 96 valence electrons. The van der Waals surface area contributed by atoms with Crippen LogP contribution in [0.5, 0.6) is 0 Å². The van der Waals surface area contributed by atoms with Gasteiger partial charge in [0.25, 0.3) is 0 Å². The van der Waals surface area contributed by atoms with E-state index in [0.717, 1.165) is 5.92 Å². The van der Waals surface area contributed by atoms with Crippen LogP contribution in [0.3, 0.4) is 0 Å². The first kappa shape index (κ1) is 13.1. The predicted octanol–water partition coefficient (Wildman–Crippen LogP) is 3.65. The Labute approximate surface area is 108 Å². The van der Waals surface area contributed by atoms with Gasteiger partial charge in [-0.3, -0.25) is 0 Å². The standard InChI is InChI=1S/C14H23NOS/c1-10-4-3-5-12(8-10)16-13(9-15)14-7-6-11(2)17-14/h6-7,10,12-13H,3-5,8-9,15H2,1-2H3. The number of hydrogen-bond acceptors (Lipinski definition) is 3. The molecule has 1 aromatic heterocycles. The van der Waals surface area contributed by atoms with Gasteiger partial charge in [-0.2, -0.15) is 0 Å². The van der Waals surface area contributed by atoms with Crippen LogP contribution in [-0.2, 0) is 4.74 Å². The zero-order valence-electron chi connectivity index (χ0n) is 10.8. The number of ether oxygens (including phenoxy) is 1. The molecule has 0 spiro atoms. The highest BCUT2D eigenvalue weighted by atomic mass is 32.1.